The molecule has 150 valence electrons. The molecular formula is C22H20N6O2. The van der Waals surface area contributed by atoms with Gasteiger partial charge >= 0.3 is 0 Å². The fourth-order valence-electron chi connectivity index (χ4n) is 3.96. The third-order valence-corrected chi connectivity index (χ3v) is 5.41. The molecule has 0 bridgehead atoms. The molecule has 4 aromatic rings. The number of carbonyl (C=O) groups is 1. The minimum atomic E-state index is -0.0257. The topological polar surface area (TPSA) is 97.9 Å². The molecule has 1 aromatic carbocycles. The summed E-state index contributed by atoms with van der Waals surface area (Å²) in [6.07, 6.45) is 9.07. The maximum atomic E-state index is 13.2. The molecule has 0 N–H and O–H groups in total. The molecule has 1 aliphatic rings. The Morgan fingerprint density at radius 2 is 2.07 bits per heavy atom. The molecule has 3 aromatic heterocycles. The predicted octanol–water partition coefficient (Wildman–Crippen LogP) is 3.17. The highest BCUT2D eigenvalue weighted by molar-refractivity contribution is 6.05. The lowest BCUT2D eigenvalue weighted by molar-refractivity contribution is 0.0664. The minimum Gasteiger partial charge on any atom is -0.339 e. The molecule has 8 nitrogen and oxygen atoms in total. The second-order valence-electron chi connectivity index (χ2n) is 7.45. The Kier molecular flexibility index (Phi) is 4.88. The maximum absolute atomic E-state index is 13.2. The number of likely N-dealkylation sites (tertiary alicyclic amines) is 1. The number of rotatable bonds is 4. The summed E-state index contributed by atoms with van der Waals surface area (Å²) < 4.78 is 5.42. The number of benzene rings is 1. The van der Waals surface area contributed by atoms with Crippen LogP contribution in [-0.2, 0) is 6.42 Å². The van der Waals surface area contributed by atoms with Crippen molar-refractivity contribution in [2.24, 2.45) is 5.92 Å². The molecule has 1 saturated heterocycles. The molecule has 30 heavy (non-hydrogen) atoms. The van der Waals surface area contributed by atoms with Crippen LogP contribution in [0, 0.1) is 5.92 Å². The van der Waals surface area contributed by atoms with Crippen LogP contribution in [0.4, 0.5) is 0 Å². The van der Waals surface area contributed by atoms with E-state index in [-0.39, 0.29) is 11.8 Å². The standard InChI is InChI=1S/C22H20N6O2/c29-22(20-17-6-2-1-5-16(17)7-8-25-20)28-11-3-4-15(14-28)12-19-26-21(27-30-19)18-13-23-9-10-24-18/h1-2,5-10,13,15H,3-4,11-12,14H2. The highest BCUT2D eigenvalue weighted by Crippen LogP contribution is 2.24. The van der Waals surface area contributed by atoms with E-state index >= 15 is 0 Å². The van der Waals surface area contributed by atoms with Gasteiger partial charge in [0.25, 0.3) is 5.91 Å². The van der Waals surface area contributed by atoms with Crippen molar-refractivity contribution in [2.75, 3.05) is 13.1 Å². The van der Waals surface area contributed by atoms with Gasteiger partial charge < -0.3 is 9.42 Å². The average Bonchev–Trinajstić information content (AvgIpc) is 3.27. The van der Waals surface area contributed by atoms with Crippen molar-refractivity contribution in [1.82, 2.24) is 30.0 Å². The number of piperidine rings is 1. The van der Waals surface area contributed by atoms with E-state index in [0.717, 1.165) is 30.2 Å². The summed E-state index contributed by atoms with van der Waals surface area (Å²) in [4.78, 5) is 32.1. The second-order valence-corrected chi connectivity index (χ2v) is 7.45. The zero-order valence-electron chi connectivity index (χ0n) is 16.3. The zero-order valence-corrected chi connectivity index (χ0v) is 16.3. The molecule has 1 aliphatic heterocycles. The van der Waals surface area contributed by atoms with E-state index in [1.165, 1.54) is 0 Å². The van der Waals surface area contributed by atoms with Crippen LogP contribution in [0.3, 0.4) is 0 Å². The van der Waals surface area contributed by atoms with Crippen molar-refractivity contribution in [3.63, 3.8) is 0 Å². The first-order valence-corrected chi connectivity index (χ1v) is 10.00. The zero-order chi connectivity index (χ0) is 20.3. The molecule has 0 radical (unpaired) electrons. The molecule has 8 heteroatoms. The van der Waals surface area contributed by atoms with Crippen LogP contribution in [0.15, 0.2) is 59.6 Å². The van der Waals surface area contributed by atoms with Gasteiger partial charge in [0.15, 0.2) is 0 Å². The van der Waals surface area contributed by atoms with E-state index in [2.05, 4.69) is 25.1 Å². The van der Waals surface area contributed by atoms with Crippen LogP contribution >= 0.6 is 0 Å². The van der Waals surface area contributed by atoms with Crippen LogP contribution < -0.4 is 0 Å². The number of pyridine rings is 1. The number of nitrogens with zero attached hydrogens (tertiary/aromatic N) is 6. The number of amides is 1. The van der Waals surface area contributed by atoms with Gasteiger partial charge in [0.2, 0.25) is 11.7 Å². The molecule has 0 spiro atoms. The summed E-state index contributed by atoms with van der Waals surface area (Å²) in [5.74, 6) is 1.22. The Balaban J connectivity index is 1.30. The first-order chi connectivity index (χ1) is 14.8. The highest BCUT2D eigenvalue weighted by Gasteiger charge is 2.27. The SMILES string of the molecule is O=C(c1nccc2ccccc12)N1CCCC(Cc2nc(-c3cnccn3)no2)C1. The largest absolute Gasteiger partial charge is 0.339 e. The van der Waals surface area contributed by atoms with Crippen LogP contribution in [0.5, 0.6) is 0 Å². The highest BCUT2D eigenvalue weighted by atomic mass is 16.5. The van der Waals surface area contributed by atoms with Gasteiger partial charge in [-0.3, -0.25) is 14.8 Å². The molecule has 1 amide bonds. The van der Waals surface area contributed by atoms with Gasteiger partial charge in [-0.1, -0.05) is 29.4 Å². The minimum absolute atomic E-state index is 0.0257. The van der Waals surface area contributed by atoms with Crippen molar-refractivity contribution in [3.8, 4) is 11.5 Å². The van der Waals surface area contributed by atoms with E-state index in [1.54, 1.807) is 24.8 Å². The lowest BCUT2D eigenvalue weighted by Crippen LogP contribution is -2.41. The summed E-state index contributed by atoms with van der Waals surface area (Å²) in [5.41, 5.74) is 1.09. The van der Waals surface area contributed by atoms with Gasteiger partial charge in [0, 0.05) is 43.5 Å². The fraction of sp³-hybridized carbons (Fsp3) is 0.273. The first-order valence-electron chi connectivity index (χ1n) is 10.00. The van der Waals surface area contributed by atoms with Gasteiger partial charge in [0.05, 0.1) is 6.20 Å². The molecular weight excluding hydrogens is 380 g/mol. The van der Waals surface area contributed by atoms with Crippen LogP contribution in [0.25, 0.3) is 22.3 Å². The number of carbonyl (C=O) groups excluding carboxylic acids is 1. The van der Waals surface area contributed by atoms with Crippen molar-refractivity contribution >= 4 is 16.7 Å². The summed E-state index contributed by atoms with van der Waals surface area (Å²) in [5, 5.41) is 5.92. The van der Waals surface area contributed by atoms with Gasteiger partial charge in [0.1, 0.15) is 11.4 Å². The number of fused-ring (bicyclic) bond motifs is 1. The Labute approximate surface area is 173 Å². The fourth-order valence-corrected chi connectivity index (χ4v) is 3.96. The Morgan fingerprint density at radius 1 is 1.13 bits per heavy atom. The molecule has 1 unspecified atom stereocenters. The van der Waals surface area contributed by atoms with Crippen molar-refractivity contribution in [1.29, 1.82) is 0 Å². The third kappa shape index (κ3) is 3.63. The van der Waals surface area contributed by atoms with Crippen molar-refractivity contribution < 1.29 is 9.32 Å². The van der Waals surface area contributed by atoms with Gasteiger partial charge in [-0.25, -0.2) is 4.98 Å². The van der Waals surface area contributed by atoms with Gasteiger partial charge in [-0.2, -0.15) is 4.98 Å². The lowest BCUT2D eigenvalue weighted by Gasteiger charge is -2.32. The van der Waals surface area contributed by atoms with Gasteiger partial charge in [-0.05, 0) is 30.2 Å². The third-order valence-electron chi connectivity index (χ3n) is 5.41. The molecule has 1 atom stereocenters. The summed E-state index contributed by atoms with van der Waals surface area (Å²) in [6, 6.07) is 9.77. The Bertz CT molecular complexity index is 1170. The number of hydrogen-bond acceptors (Lipinski definition) is 7. The van der Waals surface area contributed by atoms with E-state index in [4.69, 9.17) is 4.52 Å². The van der Waals surface area contributed by atoms with Gasteiger partial charge in [-0.15, -0.1) is 0 Å². The number of aromatic nitrogens is 5. The van der Waals surface area contributed by atoms with E-state index in [1.807, 2.05) is 35.2 Å². The quantitative estimate of drug-likeness (QED) is 0.519. The average molecular weight is 400 g/mol. The summed E-state index contributed by atoms with van der Waals surface area (Å²) in [6.45, 7) is 1.38. The molecule has 0 aliphatic carbocycles. The van der Waals surface area contributed by atoms with E-state index < -0.39 is 0 Å². The van der Waals surface area contributed by atoms with Crippen molar-refractivity contribution in [3.05, 3.63) is 66.7 Å². The van der Waals surface area contributed by atoms with Crippen LogP contribution in [0.1, 0.15) is 29.2 Å². The Morgan fingerprint density at radius 3 is 2.97 bits per heavy atom. The second kappa shape index (κ2) is 7.98. The van der Waals surface area contributed by atoms with Crippen LogP contribution in [-0.4, -0.2) is 49.0 Å². The first kappa shape index (κ1) is 18.4. The number of hydrogen-bond donors (Lipinski definition) is 0. The normalized spacial score (nSPS) is 16.7. The van der Waals surface area contributed by atoms with Crippen molar-refractivity contribution in [2.45, 2.75) is 19.3 Å². The summed E-state index contributed by atoms with van der Waals surface area (Å²) in [7, 11) is 0. The monoisotopic (exact) mass is 400 g/mol. The molecule has 4 heterocycles. The predicted molar refractivity (Wildman–Crippen MR) is 109 cm³/mol. The summed E-state index contributed by atoms with van der Waals surface area (Å²) >= 11 is 0. The lowest BCUT2D eigenvalue weighted by atomic mass is 9.94. The Hall–Kier alpha value is -3.68. The smallest absolute Gasteiger partial charge is 0.273 e. The van der Waals surface area contributed by atoms with E-state index in [9.17, 15) is 4.79 Å². The molecule has 0 saturated carbocycles. The maximum Gasteiger partial charge on any atom is 0.273 e. The molecule has 5 rings (SSSR count). The molecule has 1 fully saturated rings. The van der Waals surface area contributed by atoms with E-state index in [0.29, 0.717) is 36.1 Å². The van der Waals surface area contributed by atoms with Crippen LogP contribution in [0.2, 0.25) is 0 Å².